The fraction of sp³-hybridized carbons (Fsp3) is 0.600. The fourth-order valence-electron chi connectivity index (χ4n) is 1.78. The van der Waals surface area contributed by atoms with Crippen LogP contribution in [0.25, 0.3) is 0 Å². The van der Waals surface area contributed by atoms with E-state index in [1.54, 1.807) is 7.11 Å². The third-order valence-corrected chi connectivity index (χ3v) is 3.42. The van der Waals surface area contributed by atoms with Crippen LogP contribution in [0.2, 0.25) is 5.02 Å². The van der Waals surface area contributed by atoms with Crippen molar-refractivity contribution in [3.05, 3.63) is 21.7 Å². The van der Waals surface area contributed by atoms with E-state index < -0.39 is 0 Å². The number of hydrogen-bond donors (Lipinski definition) is 2. The maximum absolute atomic E-state index is 11.2. The van der Waals surface area contributed by atoms with Crippen molar-refractivity contribution in [3.63, 3.8) is 0 Å². The summed E-state index contributed by atoms with van der Waals surface area (Å²) >= 11 is 5.82. The van der Waals surface area contributed by atoms with Crippen LogP contribution in [0, 0.1) is 0 Å². The van der Waals surface area contributed by atoms with E-state index in [1.807, 2.05) is 0 Å². The first-order chi connectivity index (χ1) is 7.67. The number of anilines is 1. The highest BCUT2D eigenvalue weighted by atomic mass is 35.5. The first-order valence-corrected chi connectivity index (χ1v) is 5.57. The summed E-state index contributed by atoms with van der Waals surface area (Å²) in [6.07, 6.45) is 4.55. The second-order valence-electron chi connectivity index (χ2n) is 3.99. The van der Waals surface area contributed by atoms with Crippen molar-refractivity contribution >= 4 is 17.4 Å². The maximum atomic E-state index is 11.2. The van der Waals surface area contributed by atoms with Gasteiger partial charge in [0.05, 0.1) is 11.9 Å². The van der Waals surface area contributed by atoms with E-state index in [1.165, 1.54) is 12.7 Å². The second kappa shape index (κ2) is 4.43. The SMILES string of the molecule is COC1(CNc2nc[nH]c(=O)c2Cl)CCC1. The quantitative estimate of drug-likeness (QED) is 0.839. The molecule has 0 saturated heterocycles. The summed E-state index contributed by atoms with van der Waals surface area (Å²) < 4.78 is 5.45. The number of nitrogens with zero attached hydrogens (tertiary/aromatic N) is 1. The molecule has 1 aromatic rings. The Balaban J connectivity index is 2.04. The average Bonchev–Trinajstić information content (AvgIpc) is 2.23. The van der Waals surface area contributed by atoms with Crippen molar-refractivity contribution in [2.75, 3.05) is 19.0 Å². The molecule has 2 N–H and O–H groups in total. The summed E-state index contributed by atoms with van der Waals surface area (Å²) in [6.45, 7) is 0.625. The lowest BCUT2D eigenvalue weighted by molar-refractivity contribution is -0.0601. The smallest absolute Gasteiger partial charge is 0.271 e. The Hall–Kier alpha value is -1.07. The van der Waals surface area contributed by atoms with Gasteiger partial charge in [-0.15, -0.1) is 0 Å². The molecule has 1 saturated carbocycles. The van der Waals surface area contributed by atoms with Gasteiger partial charge in [0.2, 0.25) is 0 Å². The van der Waals surface area contributed by atoms with Crippen molar-refractivity contribution in [1.82, 2.24) is 9.97 Å². The molecule has 0 aromatic carbocycles. The molecule has 2 rings (SSSR count). The lowest BCUT2D eigenvalue weighted by Gasteiger charge is -2.40. The van der Waals surface area contributed by atoms with Gasteiger partial charge < -0.3 is 15.0 Å². The molecule has 0 radical (unpaired) electrons. The topological polar surface area (TPSA) is 67.0 Å². The van der Waals surface area contributed by atoms with Gasteiger partial charge >= 0.3 is 0 Å². The zero-order valence-corrected chi connectivity index (χ0v) is 9.80. The summed E-state index contributed by atoms with van der Waals surface area (Å²) in [4.78, 5) is 17.6. The number of halogens is 1. The van der Waals surface area contributed by atoms with Crippen molar-refractivity contribution in [2.24, 2.45) is 0 Å². The highest BCUT2D eigenvalue weighted by molar-refractivity contribution is 6.32. The lowest BCUT2D eigenvalue weighted by atomic mass is 9.80. The third kappa shape index (κ3) is 2.05. The van der Waals surface area contributed by atoms with Crippen molar-refractivity contribution < 1.29 is 4.74 Å². The summed E-state index contributed by atoms with van der Waals surface area (Å²) in [5.74, 6) is 0.411. The fourth-order valence-corrected chi connectivity index (χ4v) is 1.95. The number of H-pyrrole nitrogens is 1. The minimum atomic E-state index is -0.334. The molecule has 0 bridgehead atoms. The van der Waals surface area contributed by atoms with Crippen LogP contribution < -0.4 is 10.9 Å². The van der Waals surface area contributed by atoms with Gasteiger partial charge in [-0.3, -0.25) is 4.79 Å². The van der Waals surface area contributed by atoms with Crippen LogP contribution in [0.3, 0.4) is 0 Å². The van der Waals surface area contributed by atoms with Crippen molar-refractivity contribution in [2.45, 2.75) is 24.9 Å². The number of ether oxygens (including phenoxy) is 1. The van der Waals surface area contributed by atoms with Crippen molar-refractivity contribution in [3.8, 4) is 0 Å². The first kappa shape index (κ1) is 11.4. The molecular formula is C10H14ClN3O2. The van der Waals surface area contributed by atoms with Crippen LogP contribution in [-0.4, -0.2) is 29.2 Å². The van der Waals surface area contributed by atoms with Gasteiger partial charge in [0.1, 0.15) is 5.02 Å². The molecular weight excluding hydrogens is 230 g/mol. The maximum Gasteiger partial charge on any atom is 0.271 e. The molecule has 1 heterocycles. The Morgan fingerprint density at radius 3 is 3.00 bits per heavy atom. The van der Waals surface area contributed by atoms with Gasteiger partial charge in [0.25, 0.3) is 5.56 Å². The summed E-state index contributed by atoms with van der Waals surface area (Å²) in [6, 6.07) is 0. The van der Waals surface area contributed by atoms with E-state index in [2.05, 4.69) is 15.3 Å². The van der Waals surface area contributed by atoms with Gasteiger partial charge in [0.15, 0.2) is 5.82 Å². The predicted octanol–water partition coefficient (Wildman–Crippen LogP) is 1.40. The van der Waals surface area contributed by atoms with Crippen molar-refractivity contribution in [1.29, 1.82) is 0 Å². The highest BCUT2D eigenvalue weighted by Gasteiger charge is 2.36. The van der Waals surface area contributed by atoms with Crippen LogP contribution in [-0.2, 0) is 4.74 Å². The predicted molar refractivity (Wildman–Crippen MR) is 61.9 cm³/mol. The van der Waals surface area contributed by atoms with E-state index in [0.717, 1.165) is 12.8 Å². The number of hydrogen-bond acceptors (Lipinski definition) is 4. The molecule has 0 unspecified atom stereocenters. The Kier molecular flexibility index (Phi) is 3.16. The van der Waals surface area contributed by atoms with Gasteiger partial charge in [-0.05, 0) is 19.3 Å². The minimum Gasteiger partial charge on any atom is -0.376 e. The van der Waals surface area contributed by atoms with Gasteiger partial charge in [-0.2, -0.15) is 0 Å². The summed E-state index contributed by atoms with van der Waals surface area (Å²) in [7, 11) is 1.70. The molecule has 5 nitrogen and oxygen atoms in total. The number of aromatic amines is 1. The first-order valence-electron chi connectivity index (χ1n) is 5.19. The number of methoxy groups -OCH3 is 1. The third-order valence-electron chi connectivity index (χ3n) is 3.07. The normalized spacial score (nSPS) is 17.9. The second-order valence-corrected chi connectivity index (χ2v) is 4.37. The van der Waals surface area contributed by atoms with Gasteiger partial charge in [-0.1, -0.05) is 11.6 Å². The standard InChI is InChI=1S/C10H14ClN3O2/c1-16-10(3-2-4-10)5-12-8-7(11)9(15)14-6-13-8/h6H,2-5H2,1H3,(H2,12,13,14,15). The summed E-state index contributed by atoms with van der Waals surface area (Å²) in [5, 5.41) is 3.15. The van der Waals surface area contributed by atoms with Crippen LogP contribution in [0.15, 0.2) is 11.1 Å². The molecule has 0 spiro atoms. The van der Waals surface area contributed by atoms with E-state index >= 15 is 0 Å². The largest absolute Gasteiger partial charge is 0.376 e. The number of nitrogens with one attached hydrogen (secondary N) is 2. The monoisotopic (exact) mass is 243 g/mol. The van der Waals surface area contributed by atoms with Crippen LogP contribution in [0.4, 0.5) is 5.82 Å². The zero-order valence-electron chi connectivity index (χ0n) is 9.05. The highest BCUT2D eigenvalue weighted by Crippen LogP contribution is 2.35. The Morgan fingerprint density at radius 1 is 1.69 bits per heavy atom. The lowest BCUT2D eigenvalue weighted by Crippen LogP contribution is -2.45. The summed E-state index contributed by atoms with van der Waals surface area (Å²) in [5.41, 5.74) is -0.451. The zero-order chi connectivity index (χ0) is 11.6. The van der Waals surface area contributed by atoms with E-state index in [0.29, 0.717) is 12.4 Å². The van der Waals surface area contributed by atoms with Gasteiger partial charge in [0, 0.05) is 13.7 Å². The van der Waals surface area contributed by atoms with E-state index in [9.17, 15) is 4.79 Å². The van der Waals surface area contributed by atoms with Crippen LogP contribution in [0.5, 0.6) is 0 Å². The van der Waals surface area contributed by atoms with E-state index in [-0.39, 0.29) is 16.2 Å². The molecule has 0 amide bonds. The Labute approximate surface area is 98.2 Å². The molecule has 6 heteroatoms. The molecule has 1 fully saturated rings. The molecule has 1 aliphatic carbocycles. The van der Waals surface area contributed by atoms with Crippen LogP contribution in [0.1, 0.15) is 19.3 Å². The minimum absolute atomic E-state index is 0.0908. The van der Waals surface area contributed by atoms with Crippen LogP contribution >= 0.6 is 11.6 Å². The Bertz CT molecular complexity index is 423. The number of rotatable bonds is 4. The number of aromatic nitrogens is 2. The molecule has 0 aliphatic heterocycles. The molecule has 88 valence electrons. The average molecular weight is 244 g/mol. The van der Waals surface area contributed by atoms with Gasteiger partial charge in [-0.25, -0.2) is 4.98 Å². The molecule has 0 atom stereocenters. The molecule has 1 aliphatic rings. The Morgan fingerprint density at radius 2 is 2.44 bits per heavy atom. The van der Waals surface area contributed by atoms with E-state index in [4.69, 9.17) is 16.3 Å². The molecule has 1 aromatic heterocycles. The molecule has 16 heavy (non-hydrogen) atoms.